The molecule has 0 spiro atoms. The minimum absolute atomic E-state index is 0.0340. The smallest absolute Gasteiger partial charge is 0.350 e. The summed E-state index contributed by atoms with van der Waals surface area (Å²) in [7, 11) is 0. The van der Waals surface area contributed by atoms with E-state index in [1.807, 2.05) is 0 Å². The molecule has 3 aliphatic carbocycles. The number of ether oxygens (including phenoxy) is 9. The number of Topliss-reactive ketones (excluding diaryl/α,β-unsaturated/α-hetero) is 1. The highest BCUT2D eigenvalue weighted by Gasteiger charge is 2.78. The highest BCUT2D eigenvalue weighted by atomic mass is 16.6. The number of ketones is 1. The minimum atomic E-state index is -2.49. The first kappa shape index (κ1) is 65.0. The van der Waals surface area contributed by atoms with Crippen molar-refractivity contribution in [2.45, 2.75) is 134 Å². The predicted molar refractivity (Wildman–Crippen MR) is 303 cm³/mol. The molecule has 0 radical (unpaired) electrons. The molecule has 0 unspecified atom stereocenters. The molecule has 466 valence electrons. The van der Waals surface area contributed by atoms with Crippen molar-refractivity contribution < 1.29 is 96.3 Å². The molecule has 2 bridgehead atoms. The summed E-state index contributed by atoms with van der Waals surface area (Å²) in [5.41, 5.74) is -7.59. The van der Waals surface area contributed by atoms with Crippen molar-refractivity contribution in [1.29, 1.82) is 0 Å². The molecule has 4 fully saturated rings. The highest BCUT2D eigenvalue weighted by molar-refractivity contribution is 5.96. The fourth-order valence-electron chi connectivity index (χ4n) is 13.0. The second kappa shape index (κ2) is 28.3. The maximum atomic E-state index is 15.9. The molecule has 8 rings (SSSR count). The Balaban J connectivity index is 1.11. The van der Waals surface area contributed by atoms with E-state index in [0.29, 0.717) is 51.3 Å². The van der Waals surface area contributed by atoms with Gasteiger partial charge in [-0.15, -0.1) is 0 Å². The van der Waals surface area contributed by atoms with Crippen molar-refractivity contribution in [1.82, 2.24) is 15.5 Å². The molecule has 2 saturated heterocycles. The van der Waals surface area contributed by atoms with E-state index in [9.17, 15) is 39.0 Å². The summed E-state index contributed by atoms with van der Waals surface area (Å²) in [5.74, 6) is -8.20. The number of carbonyl (C=O) groups excluding carboxylic acids is 8. The third-order valence-electron chi connectivity index (χ3n) is 17.5. The Morgan fingerprint density at radius 3 is 1.94 bits per heavy atom. The lowest BCUT2D eigenvalue weighted by Gasteiger charge is -2.67. The second-order valence-corrected chi connectivity index (χ2v) is 23.2. The topological polar surface area (TPSA) is 308 Å². The first-order valence-corrected chi connectivity index (χ1v) is 29.1. The Morgan fingerprint density at radius 2 is 1.36 bits per heavy atom. The van der Waals surface area contributed by atoms with Crippen LogP contribution < -0.4 is 10.6 Å². The molecule has 3 aromatic carbocycles. The van der Waals surface area contributed by atoms with E-state index in [1.54, 1.807) is 97.6 Å². The third-order valence-corrected chi connectivity index (χ3v) is 17.5. The average molecular weight is 1200 g/mol. The molecule has 23 nitrogen and oxygen atoms in total. The second-order valence-electron chi connectivity index (χ2n) is 23.2. The van der Waals surface area contributed by atoms with Crippen LogP contribution in [-0.4, -0.2) is 194 Å². The number of hydrogen-bond donors (Lipinski definition) is 5. The van der Waals surface area contributed by atoms with Crippen LogP contribution in [0.25, 0.3) is 0 Å². The lowest BCUT2D eigenvalue weighted by Crippen LogP contribution is -2.82. The first-order chi connectivity index (χ1) is 41.0. The van der Waals surface area contributed by atoms with Gasteiger partial charge in [-0.2, -0.15) is 0 Å². The Morgan fingerprint density at radius 1 is 0.767 bits per heavy atom. The number of esters is 5. The lowest BCUT2D eigenvalue weighted by molar-refractivity contribution is -0.346. The monoisotopic (exact) mass is 1200 g/mol. The van der Waals surface area contributed by atoms with E-state index in [2.05, 4.69) is 10.6 Å². The molecule has 2 amide bonds. The summed E-state index contributed by atoms with van der Waals surface area (Å²) in [4.78, 5) is 116. The summed E-state index contributed by atoms with van der Waals surface area (Å²) >= 11 is 0. The van der Waals surface area contributed by atoms with Crippen LogP contribution in [0.1, 0.15) is 106 Å². The molecule has 86 heavy (non-hydrogen) atoms. The van der Waals surface area contributed by atoms with Crippen LogP contribution >= 0.6 is 0 Å². The van der Waals surface area contributed by atoms with Gasteiger partial charge in [0.15, 0.2) is 17.5 Å². The van der Waals surface area contributed by atoms with Crippen molar-refractivity contribution in [2.75, 3.05) is 72.5 Å². The van der Waals surface area contributed by atoms with E-state index in [0.717, 1.165) is 13.8 Å². The highest BCUT2D eigenvalue weighted by Crippen LogP contribution is 2.64. The molecule has 3 aromatic rings. The van der Waals surface area contributed by atoms with Crippen LogP contribution in [-0.2, 0) is 71.4 Å². The quantitative estimate of drug-likeness (QED) is 0.0352. The van der Waals surface area contributed by atoms with E-state index in [4.69, 9.17) is 47.7 Å². The number of fused-ring (bicyclic) bond motifs is 5. The molecule has 2 aliphatic heterocycles. The summed E-state index contributed by atoms with van der Waals surface area (Å²) in [6, 6.07) is 22.5. The number of benzene rings is 3. The van der Waals surface area contributed by atoms with Gasteiger partial charge in [0.25, 0.3) is 5.91 Å². The number of rotatable bonds is 25. The number of carbonyl (C=O) groups is 8. The summed E-state index contributed by atoms with van der Waals surface area (Å²) in [5, 5.41) is 41.1. The predicted octanol–water partition coefficient (Wildman–Crippen LogP) is 3.30. The number of piperidine rings is 1. The Hall–Kier alpha value is -6.96. The number of nitrogens with one attached hydrogen (secondary N) is 2. The van der Waals surface area contributed by atoms with Crippen molar-refractivity contribution in [3.05, 3.63) is 119 Å². The number of hydrogen-bond acceptors (Lipinski definition) is 21. The molecule has 5 aliphatic rings. The lowest BCUT2D eigenvalue weighted by atomic mass is 9.44. The van der Waals surface area contributed by atoms with Gasteiger partial charge in [-0.1, -0.05) is 80.6 Å². The number of likely N-dealkylation sites (tertiary alicyclic amines) is 1. The van der Waals surface area contributed by atoms with E-state index >= 15 is 9.59 Å². The van der Waals surface area contributed by atoms with Crippen LogP contribution in [0.5, 0.6) is 0 Å². The zero-order valence-corrected chi connectivity index (χ0v) is 49.4. The van der Waals surface area contributed by atoms with E-state index in [1.165, 1.54) is 26.0 Å². The van der Waals surface area contributed by atoms with Gasteiger partial charge in [-0.05, 0) is 67.7 Å². The Labute approximate surface area is 499 Å². The molecule has 2 heterocycles. The van der Waals surface area contributed by atoms with Gasteiger partial charge in [0.05, 0.1) is 82.4 Å². The van der Waals surface area contributed by atoms with Crippen LogP contribution in [0, 0.1) is 16.7 Å². The van der Waals surface area contributed by atoms with Crippen molar-refractivity contribution >= 4 is 47.4 Å². The summed E-state index contributed by atoms with van der Waals surface area (Å²) < 4.78 is 53.4. The Bertz CT molecular complexity index is 2940. The van der Waals surface area contributed by atoms with Crippen LogP contribution in [0.3, 0.4) is 0 Å². The maximum absolute atomic E-state index is 15.9. The van der Waals surface area contributed by atoms with Gasteiger partial charge in [0, 0.05) is 63.2 Å². The number of nitrogens with zero attached hydrogens (tertiary/aromatic N) is 1. The molecular weight excluding hydrogens is 1120 g/mol. The molecular formula is C63H79N3O20. The van der Waals surface area contributed by atoms with Gasteiger partial charge in [0.1, 0.15) is 30.0 Å². The van der Waals surface area contributed by atoms with Gasteiger partial charge in [0.2, 0.25) is 12.0 Å². The fourth-order valence-corrected chi connectivity index (χ4v) is 13.0. The molecule has 23 heteroatoms. The standard InChI is InChI=1S/C63H79N3O20/c1-38-45(35-63(77)56(85-58(75)43-20-14-9-15-21-43)54-61(6,46(70)34-47-62(54,37-81-47)86-40(3)69)55(73)52(82-39(2)68)50(38)60(63,4)5)83-59(76)53(51(41-16-10-7-11-17-41)65-57(74)42-18-12-8-13-19-42)84-49(72)36-66-25-22-44(23-26-66)64-48(71)24-28-78-30-32-80-33-31-79-29-27-67/h7-21,44-47,51-54,56,67,70,77H,22-37H2,1-6H3,(H,64,71)(H,65,74)/t45-,46-,47+,51-,52+,53+,54-,56-,61+,62-,63+/m0/s1. The van der Waals surface area contributed by atoms with Gasteiger partial charge in [-0.25, -0.2) is 9.59 Å². The minimum Gasteiger partial charge on any atom is -0.455 e. The third kappa shape index (κ3) is 14.1. The zero-order valence-electron chi connectivity index (χ0n) is 49.4. The van der Waals surface area contributed by atoms with Crippen LogP contribution in [0.15, 0.2) is 102 Å². The van der Waals surface area contributed by atoms with Crippen LogP contribution in [0.2, 0.25) is 0 Å². The SMILES string of the molecule is CC(=O)O[C@H]1C(=O)[C@@]2(C)[C@H]([C@H](OC(=O)c3ccccc3)[C@]3(O)C[C@H](OC(=O)[C@H](OC(=O)CN4CCC(NC(=O)CCOCCOCCOCCO)CC4)[C@@H](NC(=O)c4ccccc4)c4ccccc4)C(C)=C1C3(C)C)[C@]1(OC(C)=O)CO[C@@H]1C[C@@H]2O. The van der Waals surface area contributed by atoms with Crippen molar-refractivity contribution in [3.8, 4) is 0 Å². The number of aliphatic hydroxyl groups is 3. The largest absolute Gasteiger partial charge is 0.455 e. The summed E-state index contributed by atoms with van der Waals surface area (Å²) in [6.07, 6.45) is -9.90. The maximum Gasteiger partial charge on any atom is 0.350 e. The van der Waals surface area contributed by atoms with Crippen LogP contribution in [0.4, 0.5) is 0 Å². The van der Waals surface area contributed by atoms with E-state index < -0.39 is 119 Å². The Kier molecular flexibility index (Phi) is 21.4. The molecule has 5 N–H and O–H groups in total. The molecule has 11 atom stereocenters. The van der Waals surface area contributed by atoms with E-state index in [-0.39, 0.29) is 86.6 Å². The fraction of sp³-hybridized carbons (Fsp3) is 0.556. The van der Waals surface area contributed by atoms with Gasteiger partial charge < -0.3 is 68.6 Å². The zero-order chi connectivity index (χ0) is 62.0. The first-order valence-electron chi connectivity index (χ1n) is 29.1. The average Bonchev–Trinajstić information content (AvgIpc) is 0.674. The molecule has 0 aromatic heterocycles. The summed E-state index contributed by atoms with van der Waals surface area (Å²) in [6.45, 7) is 9.86. The normalized spacial score (nSPS) is 27.7. The number of aliphatic hydroxyl groups excluding tert-OH is 2. The molecule has 2 saturated carbocycles. The van der Waals surface area contributed by atoms with Gasteiger partial charge in [-0.3, -0.25) is 33.7 Å². The van der Waals surface area contributed by atoms with Gasteiger partial charge >= 0.3 is 29.8 Å². The van der Waals surface area contributed by atoms with Crippen molar-refractivity contribution in [2.24, 2.45) is 16.7 Å². The van der Waals surface area contributed by atoms with Crippen molar-refractivity contribution in [3.63, 3.8) is 0 Å². The number of amides is 2.